The average molecular weight is 225 g/mol. The lowest BCUT2D eigenvalue weighted by Crippen LogP contribution is -2.37. The first kappa shape index (κ1) is 12.4. The predicted molar refractivity (Wildman–Crippen MR) is 67.3 cm³/mol. The van der Waals surface area contributed by atoms with Crippen molar-refractivity contribution >= 4 is 0 Å². The normalized spacial score (nSPS) is 42.8. The van der Waals surface area contributed by atoms with Crippen molar-refractivity contribution in [3.05, 3.63) is 0 Å². The highest BCUT2D eigenvalue weighted by molar-refractivity contribution is 4.92. The third-order valence-electron chi connectivity index (χ3n) is 4.60. The highest BCUT2D eigenvalue weighted by Crippen LogP contribution is 2.41. The molecular formula is C14H27NO. The highest BCUT2D eigenvalue weighted by atomic mass is 16.3. The van der Waals surface area contributed by atoms with Crippen molar-refractivity contribution in [2.24, 2.45) is 17.3 Å². The van der Waals surface area contributed by atoms with Crippen LogP contribution in [-0.4, -0.2) is 23.8 Å². The number of aliphatic hydroxyl groups is 1. The summed E-state index contributed by atoms with van der Waals surface area (Å²) in [6, 6.07) is 0.669. The maximum Gasteiger partial charge on any atom is 0.0580 e. The van der Waals surface area contributed by atoms with Gasteiger partial charge < -0.3 is 10.4 Å². The van der Waals surface area contributed by atoms with E-state index in [2.05, 4.69) is 26.1 Å². The van der Waals surface area contributed by atoms with E-state index in [0.717, 1.165) is 18.9 Å². The Labute approximate surface area is 99.8 Å². The highest BCUT2D eigenvalue weighted by Gasteiger charge is 2.37. The molecule has 2 nitrogen and oxygen atoms in total. The summed E-state index contributed by atoms with van der Waals surface area (Å²) in [6.07, 6.45) is 6.00. The maximum absolute atomic E-state index is 9.79. The van der Waals surface area contributed by atoms with Gasteiger partial charge in [0.1, 0.15) is 0 Å². The molecule has 2 rings (SSSR count). The van der Waals surface area contributed by atoms with Crippen LogP contribution >= 0.6 is 0 Å². The summed E-state index contributed by atoms with van der Waals surface area (Å²) in [5.74, 6) is 1.30. The molecule has 16 heavy (non-hydrogen) atoms. The van der Waals surface area contributed by atoms with E-state index in [0.29, 0.717) is 17.4 Å². The molecule has 0 aromatic rings. The molecule has 0 aliphatic heterocycles. The van der Waals surface area contributed by atoms with Crippen LogP contribution in [0.25, 0.3) is 0 Å². The lowest BCUT2D eigenvalue weighted by molar-refractivity contribution is 0.128. The van der Waals surface area contributed by atoms with Gasteiger partial charge in [-0.2, -0.15) is 0 Å². The summed E-state index contributed by atoms with van der Waals surface area (Å²) in [6.45, 7) is 8.12. The van der Waals surface area contributed by atoms with Crippen LogP contribution in [0.2, 0.25) is 0 Å². The number of hydrogen-bond donors (Lipinski definition) is 2. The molecule has 0 spiro atoms. The molecule has 0 aromatic heterocycles. The molecule has 94 valence electrons. The van der Waals surface area contributed by atoms with Gasteiger partial charge in [0.25, 0.3) is 0 Å². The van der Waals surface area contributed by atoms with Crippen LogP contribution in [0.1, 0.15) is 52.9 Å². The Balaban J connectivity index is 1.78. The molecule has 4 atom stereocenters. The smallest absolute Gasteiger partial charge is 0.0580 e. The van der Waals surface area contributed by atoms with Gasteiger partial charge in [-0.1, -0.05) is 27.2 Å². The summed E-state index contributed by atoms with van der Waals surface area (Å²) < 4.78 is 0. The summed E-state index contributed by atoms with van der Waals surface area (Å²) in [5, 5.41) is 13.5. The quantitative estimate of drug-likeness (QED) is 0.773. The van der Waals surface area contributed by atoms with Gasteiger partial charge in [0.15, 0.2) is 0 Å². The molecule has 2 N–H and O–H groups in total. The molecule has 0 aromatic carbocycles. The van der Waals surface area contributed by atoms with Crippen molar-refractivity contribution in [1.29, 1.82) is 0 Å². The Morgan fingerprint density at radius 1 is 1.25 bits per heavy atom. The molecule has 0 radical (unpaired) electrons. The summed E-state index contributed by atoms with van der Waals surface area (Å²) in [4.78, 5) is 0. The van der Waals surface area contributed by atoms with E-state index in [1.807, 2.05) is 0 Å². The molecule has 0 saturated heterocycles. The van der Waals surface area contributed by atoms with Crippen molar-refractivity contribution in [3.8, 4) is 0 Å². The monoisotopic (exact) mass is 225 g/mol. The second kappa shape index (κ2) is 4.66. The lowest BCUT2D eigenvalue weighted by Gasteiger charge is -2.22. The van der Waals surface area contributed by atoms with E-state index in [1.54, 1.807) is 0 Å². The van der Waals surface area contributed by atoms with E-state index in [4.69, 9.17) is 0 Å². The van der Waals surface area contributed by atoms with Crippen LogP contribution < -0.4 is 5.32 Å². The van der Waals surface area contributed by atoms with Gasteiger partial charge in [-0.05, 0) is 42.9 Å². The second-order valence-electron chi connectivity index (χ2n) is 6.82. The molecule has 2 heteroatoms. The standard InChI is InChI=1S/C14H27NO/c1-10-7-14(2,3)8-12(10)15-9-11-5-4-6-13(11)16/h10-13,15-16H,4-9H2,1-3H3. The largest absolute Gasteiger partial charge is 0.393 e. The van der Waals surface area contributed by atoms with E-state index in [1.165, 1.54) is 25.7 Å². The Morgan fingerprint density at radius 2 is 2.00 bits per heavy atom. The number of aliphatic hydroxyl groups excluding tert-OH is 1. The minimum atomic E-state index is -0.0442. The van der Waals surface area contributed by atoms with E-state index >= 15 is 0 Å². The molecular weight excluding hydrogens is 198 g/mol. The van der Waals surface area contributed by atoms with Gasteiger partial charge in [-0.25, -0.2) is 0 Å². The van der Waals surface area contributed by atoms with Crippen molar-refractivity contribution in [1.82, 2.24) is 5.32 Å². The van der Waals surface area contributed by atoms with Crippen LogP contribution in [0, 0.1) is 17.3 Å². The third kappa shape index (κ3) is 2.78. The zero-order valence-corrected chi connectivity index (χ0v) is 11.0. The molecule has 2 fully saturated rings. The Morgan fingerprint density at radius 3 is 2.50 bits per heavy atom. The SMILES string of the molecule is CC1CC(C)(C)CC1NCC1CCCC1O. The van der Waals surface area contributed by atoms with Crippen molar-refractivity contribution in [2.75, 3.05) is 6.54 Å². The minimum Gasteiger partial charge on any atom is -0.393 e. The molecule has 2 saturated carbocycles. The third-order valence-corrected chi connectivity index (χ3v) is 4.60. The van der Waals surface area contributed by atoms with Gasteiger partial charge >= 0.3 is 0 Å². The van der Waals surface area contributed by atoms with Gasteiger partial charge in [0.05, 0.1) is 6.10 Å². The number of hydrogen-bond acceptors (Lipinski definition) is 2. The Hall–Kier alpha value is -0.0800. The second-order valence-corrected chi connectivity index (χ2v) is 6.82. The zero-order chi connectivity index (χ0) is 11.8. The van der Waals surface area contributed by atoms with Crippen LogP contribution in [0.15, 0.2) is 0 Å². The summed E-state index contributed by atoms with van der Waals surface area (Å²) in [5.41, 5.74) is 0.505. The molecule has 2 aliphatic rings. The number of nitrogens with one attached hydrogen (secondary N) is 1. The van der Waals surface area contributed by atoms with Crippen molar-refractivity contribution in [2.45, 2.75) is 65.0 Å². The van der Waals surface area contributed by atoms with E-state index < -0.39 is 0 Å². The number of rotatable bonds is 3. The first-order valence-electron chi connectivity index (χ1n) is 6.89. The fraction of sp³-hybridized carbons (Fsp3) is 1.00. The Bertz CT molecular complexity index is 239. The van der Waals surface area contributed by atoms with Gasteiger partial charge in [0, 0.05) is 12.6 Å². The zero-order valence-electron chi connectivity index (χ0n) is 11.0. The van der Waals surface area contributed by atoms with E-state index in [9.17, 15) is 5.11 Å². The lowest BCUT2D eigenvalue weighted by atomic mass is 9.91. The molecule has 4 unspecified atom stereocenters. The average Bonchev–Trinajstić information content (AvgIpc) is 2.67. The fourth-order valence-electron chi connectivity index (χ4n) is 3.73. The maximum atomic E-state index is 9.79. The van der Waals surface area contributed by atoms with Crippen LogP contribution in [0.4, 0.5) is 0 Å². The first-order valence-corrected chi connectivity index (χ1v) is 6.89. The van der Waals surface area contributed by atoms with E-state index in [-0.39, 0.29) is 6.10 Å². The predicted octanol–water partition coefficient (Wildman–Crippen LogP) is 2.56. The molecule has 2 aliphatic carbocycles. The summed E-state index contributed by atoms with van der Waals surface area (Å²) in [7, 11) is 0. The van der Waals surface area contributed by atoms with Gasteiger partial charge in [-0.15, -0.1) is 0 Å². The van der Waals surface area contributed by atoms with Crippen molar-refractivity contribution < 1.29 is 5.11 Å². The van der Waals surface area contributed by atoms with Gasteiger partial charge in [-0.3, -0.25) is 0 Å². The summed E-state index contributed by atoms with van der Waals surface area (Å²) >= 11 is 0. The topological polar surface area (TPSA) is 32.3 Å². The van der Waals surface area contributed by atoms with Gasteiger partial charge in [0.2, 0.25) is 0 Å². The Kier molecular flexibility index (Phi) is 3.60. The molecule has 0 bridgehead atoms. The minimum absolute atomic E-state index is 0.0442. The van der Waals surface area contributed by atoms with Crippen LogP contribution in [-0.2, 0) is 0 Å². The van der Waals surface area contributed by atoms with Crippen LogP contribution in [0.3, 0.4) is 0 Å². The fourth-order valence-corrected chi connectivity index (χ4v) is 3.73. The molecule has 0 amide bonds. The van der Waals surface area contributed by atoms with Crippen LogP contribution in [0.5, 0.6) is 0 Å². The van der Waals surface area contributed by atoms with Crippen molar-refractivity contribution in [3.63, 3.8) is 0 Å². The molecule has 0 heterocycles. The first-order chi connectivity index (χ1) is 7.48.